The van der Waals surface area contributed by atoms with E-state index < -0.39 is 17.7 Å². The predicted octanol–water partition coefficient (Wildman–Crippen LogP) is 5.34. The zero-order valence-corrected chi connectivity index (χ0v) is 18.8. The highest BCUT2D eigenvalue weighted by atomic mass is 35.5. The number of anilines is 2. The van der Waals surface area contributed by atoms with Crippen LogP contribution in [-0.4, -0.2) is 30.9 Å². The van der Waals surface area contributed by atoms with Gasteiger partial charge in [0.15, 0.2) is 0 Å². The van der Waals surface area contributed by atoms with E-state index in [2.05, 4.69) is 0 Å². The van der Waals surface area contributed by atoms with Crippen molar-refractivity contribution in [3.8, 4) is 0 Å². The first-order valence-corrected chi connectivity index (χ1v) is 10.6. The first-order chi connectivity index (χ1) is 15.3. The summed E-state index contributed by atoms with van der Waals surface area (Å²) in [5, 5.41) is 11.6. The summed E-state index contributed by atoms with van der Waals surface area (Å²) < 4.78 is 0. The Bertz CT molecular complexity index is 1210. The molecule has 1 amide bonds. The highest BCUT2D eigenvalue weighted by Gasteiger charge is 2.47. The number of aliphatic hydroxyl groups is 1. The molecule has 0 spiro atoms. The van der Waals surface area contributed by atoms with E-state index in [1.54, 1.807) is 24.3 Å². The molecule has 1 aliphatic heterocycles. The van der Waals surface area contributed by atoms with Crippen molar-refractivity contribution in [1.82, 2.24) is 0 Å². The van der Waals surface area contributed by atoms with Gasteiger partial charge in [0.05, 0.1) is 11.6 Å². The Morgan fingerprint density at radius 3 is 2.22 bits per heavy atom. The van der Waals surface area contributed by atoms with Crippen molar-refractivity contribution >= 4 is 40.4 Å². The minimum Gasteiger partial charge on any atom is -0.507 e. The van der Waals surface area contributed by atoms with Crippen molar-refractivity contribution < 1.29 is 14.7 Å². The van der Waals surface area contributed by atoms with E-state index in [9.17, 15) is 14.7 Å². The molecule has 162 valence electrons. The van der Waals surface area contributed by atoms with Crippen molar-refractivity contribution in [3.05, 3.63) is 100 Å². The molecule has 5 nitrogen and oxygen atoms in total. The predicted molar refractivity (Wildman–Crippen MR) is 128 cm³/mol. The molecule has 32 heavy (non-hydrogen) atoms. The molecule has 3 aromatic carbocycles. The van der Waals surface area contributed by atoms with Gasteiger partial charge in [-0.1, -0.05) is 41.4 Å². The highest BCUT2D eigenvalue weighted by molar-refractivity contribution is 6.51. The molecule has 1 fully saturated rings. The molecule has 3 aromatic rings. The van der Waals surface area contributed by atoms with E-state index in [1.165, 1.54) is 4.90 Å². The van der Waals surface area contributed by atoms with Crippen LogP contribution in [-0.2, 0) is 9.59 Å². The van der Waals surface area contributed by atoms with Gasteiger partial charge in [-0.15, -0.1) is 0 Å². The fourth-order valence-corrected chi connectivity index (χ4v) is 4.06. The van der Waals surface area contributed by atoms with Gasteiger partial charge in [-0.05, 0) is 61.0 Å². The molecule has 4 rings (SSSR count). The third-order valence-corrected chi connectivity index (χ3v) is 5.82. The lowest BCUT2D eigenvalue weighted by Gasteiger charge is -2.26. The van der Waals surface area contributed by atoms with Gasteiger partial charge in [0.25, 0.3) is 11.7 Å². The molecule has 0 aliphatic carbocycles. The lowest BCUT2D eigenvalue weighted by atomic mass is 9.94. The number of halogens is 1. The number of carbonyl (C=O) groups excluding carboxylic acids is 2. The van der Waals surface area contributed by atoms with Crippen molar-refractivity contribution in [2.24, 2.45) is 0 Å². The monoisotopic (exact) mass is 446 g/mol. The van der Waals surface area contributed by atoms with Gasteiger partial charge in [-0.2, -0.15) is 0 Å². The van der Waals surface area contributed by atoms with Gasteiger partial charge in [0.2, 0.25) is 0 Å². The molecule has 1 aliphatic rings. The minimum absolute atomic E-state index is 0.0552. The smallest absolute Gasteiger partial charge is 0.300 e. The van der Waals surface area contributed by atoms with Crippen LogP contribution in [0.25, 0.3) is 5.76 Å². The molecule has 0 aromatic heterocycles. The maximum atomic E-state index is 13.2. The summed E-state index contributed by atoms with van der Waals surface area (Å²) in [6, 6.07) is 20.8. The molecule has 1 unspecified atom stereocenters. The lowest BCUT2D eigenvalue weighted by Crippen LogP contribution is -2.29. The molecule has 0 bridgehead atoms. The summed E-state index contributed by atoms with van der Waals surface area (Å²) in [5.41, 5.74) is 3.77. The lowest BCUT2D eigenvalue weighted by molar-refractivity contribution is -0.132. The fourth-order valence-electron chi connectivity index (χ4n) is 3.93. The average molecular weight is 447 g/mol. The van der Waals surface area contributed by atoms with Gasteiger partial charge in [0, 0.05) is 36.1 Å². The van der Waals surface area contributed by atoms with E-state index in [4.69, 9.17) is 11.6 Å². The summed E-state index contributed by atoms with van der Waals surface area (Å²) in [5.74, 6) is -1.62. The van der Waals surface area contributed by atoms with E-state index in [-0.39, 0.29) is 11.3 Å². The number of aryl methyl sites for hydroxylation is 1. The van der Waals surface area contributed by atoms with Gasteiger partial charge in [0.1, 0.15) is 5.76 Å². The quantitative estimate of drug-likeness (QED) is 0.334. The Balaban J connectivity index is 1.91. The van der Waals surface area contributed by atoms with Crippen LogP contribution in [0.3, 0.4) is 0 Å². The van der Waals surface area contributed by atoms with Crippen LogP contribution >= 0.6 is 11.6 Å². The van der Waals surface area contributed by atoms with Gasteiger partial charge >= 0.3 is 0 Å². The molecule has 1 heterocycles. The third kappa shape index (κ3) is 3.87. The van der Waals surface area contributed by atoms with Crippen LogP contribution in [0.1, 0.15) is 22.7 Å². The Morgan fingerprint density at radius 1 is 0.969 bits per heavy atom. The Morgan fingerprint density at radius 2 is 1.62 bits per heavy atom. The van der Waals surface area contributed by atoms with Gasteiger partial charge < -0.3 is 10.0 Å². The number of benzene rings is 3. The number of carbonyl (C=O) groups is 2. The number of nitrogens with zero attached hydrogens (tertiary/aromatic N) is 2. The Hall–Kier alpha value is -3.57. The number of ketones is 1. The summed E-state index contributed by atoms with van der Waals surface area (Å²) in [6.45, 7) is 1.95. The molecule has 6 heteroatoms. The largest absolute Gasteiger partial charge is 0.507 e. The fraction of sp³-hybridized carbons (Fsp3) is 0.154. The number of aliphatic hydroxyl groups excluding tert-OH is 1. The van der Waals surface area contributed by atoms with Crippen molar-refractivity contribution in [2.75, 3.05) is 23.9 Å². The van der Waals surface area contributed by atoms with Crippen LogP contribution in [0.2, 0.25) is 5.02 Å². The maximum absolute atomic E-state index is 13.2. The van der Waals surface area contributed by atoms with Crippen molar-refractivity contribution in [1.29, 1.82) is 0 Å². The van der Waals surface area contributed by atoms with Crippen LogP contribution in [0.4, 0.5) is 11.4 Å². The molecule has 1 N–H and O–H groups in total. The van der Waals surface area contributed by atoms with Crippen LogP contribution in [0, 0.1) is 6.92 Å². The van der Waals surface area contributed by atoms with Crippen LogP contribution < -0.4 is 9.80 Å². The highest BCUT2D eigenvalue weighted by Crippen LogP contribution is 2.42. The number of hydrogen-bond donors (Lipinski definition) is 1. The SMILES string of the molecule is Cc1cccc(C2/C(=C(/O)c3ccc(Cl)cc3)C(=O)C(=O)N2c2ccc(N(C)C)cc2)c1. The molecule has 0 radical (unpaired) electrons. The first-order valence-electron chi connectivity index (χ1n) is 10.2. The minimum atomic E-state index is -0.754. The maximum Gasteiger partial charge on any atom is 0.300 e. The summed E-state index contributed by atoms with van der Waals surface area (Å²) in [7, 11) is 3.86. The zero-order chi connectivity index (χ0) is 23.0. The van der Waals surface area contributed by atoms with Crippen LogP contribution in [0.5, 0.6) is 0 Å². The van der Waals surface area contributed by atoms with Crippen molar-refractivity contribution in [2.45, 2.75) is 13.0 Å². The molecule has 1 saturated heterocycles. The average Bonchev–Trinajstić information content (AvgIpc) is 3.04. The molecular weight excluding hydrogens is 424 g/mol. The first kappa shape index (κ1) is 21.7. The Labute approximate surface area is 192 Å². The van der Waals surface area contributed by atoms with Crippen molar-refractivity contribution in [3.63, 3.8) is 0 Å². The van der Waals surface area contributed by atoms with E-state index >= 15 is 0 Å². The number of hydrogen-bond acceptors (Lipinski definition) is 4. The summed E-state index contributed by atoms with van der Waals surface area (Å²) >= 11 is 5.98. The van der Waals surface area contributed by atoms with E-state index in [1.807, 2.05) is 74.4 Å². The van der Waals surface area contributed by atoms with Crippen LogP contribution in [0.15, 0.2) is 78.4 Å². The normalized spacial score (nSPS) is 17.6. The topological polar surface area (TPSA) is 60.9 Å². The number of Topliss-reactive ketones (excluding diaryl/α,β-unsaturated/α-hetero) is 1. The second kappa shape index (κ2) is 8.52. The van der Waals surface area contributed by atoms with Gasteiger partial charge in [-0.25, -0.2) is 0 Å². The number of amides is 1. The molecule has 1 atom stereocenters. The molecular formula is C26H23ClN2O3. The number of rotatable bonds is 4. The van der Waals surface area contributed by atoms with E-state index in [0.29, 0.717) is 16.3 Å². The summed E-state index contributed by atoms with van der Waals surface area (Å²) in [4.78, 5) is 29.8. The summed E-state index contributed by atoms with van der Waals surface area (Å²) in [6.07, 6.45) is 0. The Kier molecular flexibility index (Phi) is 5.76. The zero-order valence-electron chi connectivity index (χ0n) is 18.0. The molecule has 0 saturated carbocycles. The van der Waals surface area contributed by atoms with E-state index in [0.717, 1.165) is 16.8 Å². The second-order valence-corrected chi connectivity index (χ2v) is 8.44. The second-order valence-electron chi connectivity index (χ2n) is 8.00. The third-order valence-electron chi connectivity index (χ3n) is 5.56. The standard InChI is InChI=1S/C26H23ClN2O3/c1-16-5-4-6-18(15-16)23-22(24(30)17-7-9-19(27)10-8-17)25(31)26(32)29(23)21-13-11-20(12-14-21)28(2)3/h4-15,23,30H,1-3H3/b24-22-. The van der Waals surface area contributed by atoms with Gasteiger partial charge in [-0.3, -0.25) is 14.5 Å².